The van der Waals surface area contributed by atoms with Gasteiger partial charge in [-0.1, -0.05) is 32.9 Å². The van der Waals surface area contributed by atoms with Gasteiger partial charge >= 0.3 is 0 Å². The standard InChI is InChI=1S/C18H32O2/c1-12(2)17(4)8-6-14(10-13(17)3)18(5)9-7-15(19)11-16(18)20/h13-16,19-20H,1,6-11H2,2-5H3/t13?,14?,15-,16-,17+,18+/m0/s1. The summed E-state index contributed by atoms with van der Waals surface area (Å²) in [6, 6.07) is 0. The molecule has 2 aliphatic carbocycles. The number of aliphatic hydroxyl groups excluding tert-OH is 2. The van der Waals surface area contributed by atoms with Gasteiger partial charge in [-0.2, -0.15) is 0 Å². The van der Waals surface area contributed by atoms with Gasteiger partial charge in [0, 0.05) is 0 Å². The maximum atomic E-state index is 10.5. The third-order valence-corrected chi connectivity index (χ3v) is 6.92. The van der Waals surface area contributed by atoms with E-state index in [2.05, 4.69) is 34.3 Å². The molecule has 2 rings (SSSR count). The fraction of sp³-hybridized carbons (Fsp3) is 0.889. The molecule has 0 amide bonds. The molecular formula is C18H32O2. The topological polar surface area (TPSA) is 40.5 Å². The summed E-state index contributed by atoms with van der Waals surface area (Å²) in [4.78, 5) is 0. The average Bonchev–Trinajstić information content (AvgIpc) is 2.37. The van der Waals surface area contributed by atoms with Crippen LogP contribution in [0.5, 0.6) is 0 Å². The molecule has 2 unspecified atom stereocenters. The maximum Gasteiger partial charge on any atom is 0.0621 e. The normalized spacial score (nSPS) is 49.9. The van der Waals surface area contributed by atoms with Crippen LogP contribution in [0.15, 0.2) is 12.2 Å². The Balaban J connectivity index is 2.11. The van der Waals surface area contributed by atoms with E-state index in [0.717, 1.165) is 12.8 Å². The van der Waals surface area contributed by atoms with Gasteiger partial charge in [0.05, 0.1) is 12.2 Å². The largest absolute Gasteiger partial charge is 0.393 e. The minimum Gasteiger partial charge on any atom is -0.393 e. The monoisotopic (exact) mass is 280 g/mol. The molecule has 2 fully saturated rings. The van der Waals surface area contributed by atoms with Crippen molar-refractivity contribution in [1.82, 2.24) is 0 Å². The first-order chi connectivity index (χ1) is 9.20. The van der Waals surface area contributed by atoms with E-state index in [1.165, 1.54) is 24.8 Å². The molecule has 0 aromatic heterocycles. The lowest BCUT2D eigenvalue weighted by Crippen LogP contribution is -2.48. The minimum absolute atomic E-state index is 0.0100. The summed E-state index contributed by atoms with van der Waals surface area (Å²) in [6.07, 6.45) is 5.23. The molecular weight excluding hydrogens is 248 g/mol. The summed E-state index contributed by atoms with van der Waals surface area (Å²) in [7, 11) is 0. The Kier molecular flexibility index (Phi) is 4.37. The van der Waals surface area contributed by atoms with E-state index in [1.807, 2.05) is 0 Å². The van der Waals surface area contributed by atoms with Crippen LogP contribution in [0, 0.1) is 22.7 Å². The Morgan fingerprint density at radius 1 is 1.10 bits per heavy atom. The van der Waals surface area contributed by atoms with Crippen molar-refractivity contribution >= 4 is 0 Å². The zero-order valence-corrected chi connectivity index (χ0v) is 13.7. The van der Waals surface area contributed by atoms with Crippen LogP contribution in [0.4, 0.5) is 0 Å². The van der Waals surface area contributed by atoms with Gasteiger partial charge in [-0.3, -0.25) is 0 Å². The quantitative estimate of drug-likeness (QED) is 0.753. The fourth-order valence-electron chi connectivity index (χ4n) is 4.52. The predicted molar refractivity (Wildman–Crippen MR) is 83.4 cm³/mol. The van der Waals surface area contributed by atoms with Crippen molar-refractivity contribution in [2.75, 3.05) is 0 Å². The number of hydrogen-bond acceptors (Lipinski definition) is 2. The number of rotatable bonds is 2. The van der Waals surface area contributed by atoms with Crippen LogP contribution in [-0.2, 0) is 0 Å². The van der Waals surface area contributed by atoms with Gasteiger partial charge in [-0.15, -0.1) is 0 Å². The lowest BCUT2D eigenvalue weighted by Gasteiger charge is -2.52. The first-order valence-electron chi connectivity index (χ1n) is 8.22. The average molecular weight is 280 g/mol. The molecule has 2 aliphatic rings. The Labute approximate surface area is 124 Å². The molecule has 0 aliphatic heterocycles. The summed E-state index contributed by atoms with van der Waals surface area (Å²) < 4.78 is 0. The van der Waals surface area contributed by atoms with Crippen LogP contribution in [0.3, 0.4) is 0 Å². The molecule has 2 saturated carbocycles. The van der Waals surface area contributed by atoms with Gasteiger partial charge in [0.15, 0.2) is 0 Å². The van der Waals surface area contributed by atoms with Crippen LogP contribution >= 0.6 is 0 Å². The highest BCUT2D eigenvalue weighted by Crippen LogP contribution is 2.55. The molecule has 116 valence electrons. The maximum absolute atomic E-state index is 10.5. The van der Waals surface area contributed by atoms with Gasteiger partial charge in [0.1, 0.15) is 0 Å². The molecule has 0 spiro atoms. The Hall–Kier alpha value is -0.340. The van der Waals surface area contributed by atoms with E-state index < -0.39 is 0 Å². The van der Waals surface area contributed by atoms with E-state index in [-0.39, 0.29) is 23.0 Å². The van der Waals surface area contributed by atoms with E-state index in [4.69, 9.17) is 0 Å². The molecule has 0 aromatic rings. The molecule has 2 N–H and O–H groups in total. The molecule has 2 nitrogen and oxygen atoms in total. The lowest BCUT2D eigenvalue weighted by molar-refractivity contribution is -0.0974. The van der Waals surface area contributed by atoms with E-state index in [0.29, 0.717) is 18.3 Å². The summed E-state index contributed by atoms with van der Waals surface area (Å²) in [5, 5.41) is 20.2. The van der Waals surface area contributed by atoms with Crippen LogP contribution in [0.25, 0.3) is 0 Å². The molecule has 0 radical (unpaired) electrons. The molecule has 0 saturated heterocycles. The third-order valence-electron chi connectivity index (χ3n) is 6.92. The SMILES string of the molecule is C=C(C)[C@@]1(C)CCC([C@@]2(C)CC[C@H](O)C[C@@H]2O)CC1C. The highest BCUT2D eigenvalue weighted by Gasteiger charge is 2.48. The Morgan fingerprint density at radius 2 is 1.75 bits per heavy atom. The number of allylic oxidation sites excluding steroid dienone is 1. The minimum atomic E-state index is -0.349. The van der Waals surface area contributed by atoms with Gasteiger partial charge in [0.25, 0.3) is 0 Å². The first kappa shape index (κ1) is 16.0. The lowest BCUT2D eigenvalue weighted by atomic mass is 9.54. The van der Waals surface area contributed by atoms with Crippen molar-refractivity contribution < 1.29 is 10.2 Å². The van der Waals surface area contributed by atoms with Crippen molar-refractivity contribution in [3.63, 3.8) is 0 Å². The summed E-state index contributed by atoms with van der Waals surface area (Å²) in [5.74, 6) is 1.20. The Bertz CT molecular complexity index is 378. The van der Waals surface area contributed by atoms with Gasteiger partial charge < -0.3 is 10.2 Å². The summed E-state index contributed by atoms with van der Waals surface area (Å²) >= 11 is 0. The molecule has 0 heterocycles. The second-order valence-corrected chi connectivity index (χ2v) is 8.02. The zero-order valence-electron chi connectivity index (χ0n) is 13.7. The van der Waals surface area contributed by atoms with Gasteiger partial charge in [-0.25, -0.2) is 0 Å². The van der Waals surface area contributed by atoms with Crippen LogP contribution in [-0.4, -0.2) is 22.4 Å². The first-order valence-corrected chi connectivity index (χ1v) is 8.22. The van der Waals surface area contributed by atoms with Crippen molar-refractivity contribution in [3.8, 4) is 0 Å². The predicted octanol–water partition coefficient (Wildman–Crippen LogP) is 3.92. The molecule has 0 bridgehead atoms. The van der Waals surface area contributed by atoms with E-state index in [9.17, 15) is 10.2 Å². The van der Waals surface area contributed by atoms with Crippen LogP contribution in [0.1, 0.15) is 66.2 Å². The summed E-state index contributed by atoms with van der Waals surface area (Å²) in [6.45, 7) is 13.3. The van der Waals surface area contributed by atoms with E-state index in [1.54, 1.807) is 0 Å². The molecule has 0 aromatic carbocycles. The number of aliphatic hydroxyl groups is 2. The third kappa shape index (κ3) is 2.57. The van der Waals surface area contributed by atoms with E-state index >= 15 is 0 Å². The Morgan fingerprint density at radius 3 is 2.25 bits per heavy atom. The zero-order chi connectivity index (χ0) is 15.1. The second-order valence-electron chi connectivity index (χ2n) is 8.02. The summed E-state index contributed by atoms with van der Waals surface area (Å²) in [5.41, 5.74) is 1.55. The smallest absolute Gasteiger partial charge is 0.0621 e. The van der Waals surface area contributed by atoms with Crippen molar-refractivity contribution in [2.24, 2.45) is 22.7 Å². The van der Waals surface area contributed by atoms with Crippen LogP contribution in [0.2, 0.25) is 0 Å². The highest BCUT2D eigenvalue weighted by atomic mass is 16.3. The van der Waals surface area contributed by atoms with Crippen molar-refractivity contribution in [3.05, 3.63) is 12.2 Å². The number of hydrogen-bond donors (Lipinski definition) is 2. The van der Waals surface area contributed by atoms with Crippen molar-refractivity contribution in [1.29, 1.82) is 0 Å². The van der Waals surface area contributed by atoms with Crippen LogP contribution < -0.4 is 0 Å². The molecule has 20 heavy (non-hydrogen) atoms. The second kappa shape index (κ2) is 5.46. The van der Waals surface area contributed by atoms with Crippen molar-refractivity contribution in [2.45, 2.75) is 78.4 Å². The molecule has 2 heteroatoms. The highest BCUT2D eigenvalue weighted by molar-refractivity contribution is 5.11. The fourth-order valence-corrected chi connectivity index (χ4v) is 4.52. The molecule has 6 atom stereocenters. The van der Waals surface area contributed by atoms with Gasteiger partial charge in [-0.05, 0) is 68.1 Å². The van der Waals surface area contributed by atoms with Gasteiger partial charge in [0.2, 0.25) is 0 Å².